The average molecular weight is 292 g/mol. The van der Waals surface area contributed by atoms with Crippen LogP contribution in [-0.4, -0.2) is 36.8 Å². The van der Waals surface area contributed by atoms with Crippen molar-refractivity contribution >= 4 is 17.9 Å². The summed E-state index contributed by atoms with van der Waals surface area (Å²) < 4.78 is 9.63. The van der Waals surface area contributed by atoms with Gasteiger partial charge in [-0.25, -0.2) is 9.59 Å². The number of hydrogen-bond acceptors (Lipinski definition) is 4. The van der Waals surface area contributed by atoms with Gasteiger partial charge in [-0.1, -0.05) is 0 Å². The largest absolute Gasteiger partial charge is 0.513 e. The molecule has 1 heterocycles. The number of hydrogen-bond donors (Lipinski definition) is 1. The van der Waals surface area contributed by atoms with Crippen LogP contribution in [0.15, 0.2) is 24.3 Å². The van der Waals surface area contributed by atoms with Crippen molar-refractivity contribution in [3.63, 3.8) is 0 Å². The van der Waals surface area contributed by atoms with Crippen LogP contribution in [0, 0.1) is 0 Å². The minimum absolute atomic E-state index is 0.0891. The highest BCUT2D eigenvalue weighted by molar-refractivity contribution is 5.89. The maximum absolute atomic E-state index is 12.0. The van der Waals surface area contributed by atoms with Crippen LogP contribution in [0.25, 0.3) is 0 Å². The van der Waals surface area contributed by atoms with Crippen molar-refractivity contribution in [1.82, 2.24) is 4.90 Å². The first kappa shape index (κ1) is 15.2. The number of amides is 2. The molecule has 1 aliphatic rings. The molecule has 1 aliphatic heterocycles. The average Bonchev–Trinajstić information content (AvgIpc) is 2.50. The van der Waals surface area contributed by atoms with Crippen molar-refractivity contribution in [1.29, 1.82) is 0 Å². The molecule has 0 radical (unpaired) electrons. The normalized spacial score (nSPS) is 14.4. The molecule has 0 unspecified atom stereocenters. The van der Waals surface area contributed by atoms with Crippen LogP contribution in [0.5, 0.6) is 5.75 Å². The molecule has 6 heteroatoms. The second-order valence-electron chi connectivity index (χ2n) is 4.79. The molecule has 0 saturated carbocycles. The number of nitrogens with one attached hydrogen (secondary N) is 1. The summed E-state index contributed by atoms with van der Waals surface area (Å²) in [5, 5.41) is 2.83. The Morgan fingerprint density at radius 2 is 1.81 bits per heavy atom. The number of carbonyl (C=O) groups excluding carboxylic acids is 2. The zero-order chi connectivity index (χ0) is 15.1. The SMILES string of the molecule is CCOC(=O)Oc1ccc(NC(=O)N2CCCCC2)cc1. The summed E-state index contributed by atoms with van der Waals surface area (Å²) in [5.74, 6) is 0.379. The number of carbonyl (C=O) groups is 2. The molecule has 0 spiro atoms. The molecule has 2 amide bonds. The summed E-state index contributed by atoms with van der Waals surface area (Å²) in [5.41, 5.74) is 0.668. The van der Waals surface area contributed by atoms with Crippen LogP contribution in [0.1, 0.15) is 26.2 Å². The number of likely N-dealkylation sites (tertiary alicyclic amines) is 1. The van der Waals surface area contributed by atoms with E-state index in [1.807, 2.05) is 4.90 Å². The van der Waals surface area contributed by atoms with Gasteiger partial charge in [0.25, 0.3) is 0 Å². The smallest absolute Gasteiger partial charge is 0.434 e. The Morgan fingerprint density at radius 1 is 1.14 bits per heavy atom. The fraction of sp³-hybridized carbons (Fsp3) is 0.467. The minimum atomic E-state index is -0.734. The third kappa shape index (κ3) is 4.66. The standard InChI is InChI=1S/C15H20N2O4/c1-2-20-15(19)21-13-8-6-12(7-9-13)16-14(18)17-10-4-3-5-11-17/h6-9H,2-5,10-11H2,1H3,(H,16,18). The Kier molecular flexibility index (Phi) is 5.43. The fourth-order valence-electron chi connectivity index (χ4n) is 2.15. The molecule has 0 bridgehead atoms. The summed E-state index contributed by atoms with van der Waals surface area (Å²) in [6, 6.07) is 6.52. The monoisotopic (exact) mass is 292 g/mol. The van der Waals surface area contributed by atoms with E-state index in [0.29, 0.717) is 11.4 Å². The fourth-order valence-corrected chi connectivity index (χ4v) is 2.15. The Labute approximate surface area is 124 Å². The highest BCUT2D eigenvalue weighted by Crippen LogP contribution is 2.17. The van der Waals surface area contributed by atoms with Gasteiger partial charge in [0.15, 0.2) is 0 Å². The van der Waals surface area contributed by atoms with Crippen LogP contribution in [0.3, 0.4) is 0 Å². The number of ether oxygens (including phenoxy) is 2. The summed E-state index contributed by atoms with van der Waals surface area (Å²) in [6.45, 7) is 3.58. The van der Waals surface area contributed by atoms with E-state index in [2.05, 4.69) is 10.1 Å². The molecule has 0 atom stereocenters. The van der Waals surface area contributed by atoms with Gasteiger partial charge in [-0.2, -0.15) is 0 Å². The van der Waals surface area contributed by atoms with Gasteiger partial charge < -0.3 is 19.7 Å². The first-order chi connectivity index (χ1) is 10.2. The molecule has 1 N–H and O–H groups in total. The molecule has 1 saturated heterocycles. The Hall–Kier alpha value is -2.24. The molecule has 6 nitrogen and oxygen atoms in total. The molecular weight excluding hydrogens is 272 g/mol. The van der Waals surface area contributed by atoms with Crippen molar-refractivity contribution < 1.29 is 19.1 Å². The van der Waals surface area contributed by atoms with E-state index in [0.717, 1.165) is 25.9 Å². The molecule has 114 valence electrons. The number of piperidine rings is 1. The molecular formula is C15H20N2O4. The van der Waals surface area contributed by atoms with Gasteiger partial charge in [0.2, 0.25) is 0 Å². The Balaban J connectivity index is 1.86. The molecule has 21 heavy (non-hydrogen) atoms. The first-order valence-corrected chi connectivity index (χ1v) is 7.19. The zero-order valence-electron chi connectivity index (χ0n) is 12.1. The van der Waals surface area contributed by atoms with Gasteiger partial charge in [-0.05, 0) is 50.5 Å². The van der Waals surface area contributed by atoms with Crippen molar-refractivity contribution in [2.24, 2.45) is 0 Å². The molecule has 1 aromatic carbocycles. The Bertz CT molecular complexity index is 481. The molecule has 1 fully saturated rings. The minimum Gasteiger partial charge on any atom is -0.434 e. The van der Waals surface area contributed by atoms with Crippen molar-refractivity contribution in [2.45, 2.75) is 26.2 Å². The number of anilines is 1. The van der Waals surface area contributed by atoms with Gasteiger partial charge in [-0.3, -0.25) is 0 Å². The summed E-state index contributed by atoms with van der Waals surface area (Å²) >= 11 is 0. The van der Waals surface area contributed by atoms with Gasteiger partial charge >= 0.3 is 12.2 Å². The van der Waals surface area contributed by atoms with E-state index < -0.39 is 6.16 Å². The number of urea groups is 1. The van der Waals surface area contributed by atoms with Crippen LogP contribution < -0.4 is 10.1 Å². The Morgan fingerprint density at radius 3 is 2.43 bits per heavy atom. The lowest BCUT2D eigenvalue weighted by atomic mass is 10.1. The summed E-state index contributed by atoms with van der Waals surface area (Å²) in [7, 11) is 0. The molecule has 2 rings (SSSR count). The van der Waals surface area contributed by atoms with E-state index in [1.54, 1.807) is 31.2 Å². The third-order valence-corrected chi connectivity index (χ3v) is 3.21. The van der Waals surface area contributed by atoms with Crippen molar-refractivity contribution in [2.75, 3.05) is 25.0 Å². The van der Waals surface area contributed by atoms with Gasteiger partial charge in [0.05, 0.1) is 6.61 Å². The van der Waals surface area contributed by atoms with Crippen LogP contribution in [0.2, 0.25) is 0 Å². The van der Waals surface area contributed by atoms with Gasteiger partial charge in [-0.15, -0.1) is 0 Å². The summed E-state index contributed by atoms with van der Waals surface area (Å²) in [6.07, 6.45) is 2.56. The quantitative estimate of drug-likeness (QED) is 0.686. The van der Waals surface area contributed by atoms with E-state index >= 15 is 0 Å². The topological polar surface area (TPSA) is 67.9 Å². The summed E-state index contributed by atoms with van der Waals surface area (Å²) in [4.78, 5) is 25.0. The predicted molar refractivity (Wildman–Crippen MR) is 78.5 cm³/mol. The van der Waals surface area contributed by atoms with Crippen molar-refractivity contribution in [3.05, 3.63) is 24.3 Å². The van der Waals surface area contributed by atoms with Crippen LogP contribution in [0.4, 0.5) is 15.3 Å². The molecule has 1 aromatic rings. The lowest BCUT2D eigenvalue weighted by Crippen LogP contribution is -2.38. The van der Waals surface area contributed by atoms with Gasteiger partial charge in [0.1, 0.15) is 5.75 Å². The third-order valence-electron chi connectivity index (χ3n) is 3.21. The highest BCUT2D eigenvalue weighted by atomic mass is 16.7. The van der Waals surface area contributed by atoms with Gasteiger partial charge in [0, 0.05) is 18.8 Å². The number of benzene rings is 1. The second kappa shape index (κ2) is 7.52. The predicted octanol–water partition coefficient (Wildman–Crippen LogP) is 3.24. The van der Waals surface area contributed by atoms with E-state index in [-0.39, 0.29) is 12.6 Å². The van der Waals surface area contributed by atoms with E-state index in [4.69, 9.17) is 4.74 Å². The lowest BCUT2D eigenvalue weighted by Gasteiger charge is -2.26. The van der Waals surface area contributed by atoms with Crippen LogP contribution in [-0.2, 0) is 4.74 Å². The van der Waals surface area contributed by atoms with E-state index in [1.165, 1.54) is 6.42 Å². The maximum atomic E-state index is 12.0. The highest BCUT2D eigenvalue weighted by Gasteiger charge is 2.16. The second-order valence-corrected chi connectivity index (χ2v) is 4.79. The zero-order valence-corrected chi connectivity index (χ0v) is 12.1. The molecule has 0 aliphatic carbocycles. The van der Waals surface area contributed by atoms with Crippen LogP contribution >= 0.6 is 0 Å². The maximum Gasteiger partial charge on any atom is 0.513 e. The number of nitrogens with zero attached hydrogens (tertiary/aromatic N) is 1. The lowest BCUT2D eigenvalue weighted by molar-refractivity contribution is 0.104. The molecule has 0 aromatic heterocycles. The first-order valence-electron chi connectivity index (χ1n) is 7.19. The van der Waals surface area contributed by atoms with Crippen molar-refractivity contribution in [3.8, 4) is 5.75 Å². The van der Waals surface area contributed by atoms with E-state index in [9.17, 15) is 9.59 Å². The number of rotatable bonds is 3.